The number of hydrogen-bond donors (Lipinski definition) is 0. The molecule has 3 aromatic rings. The highest BCUT2D eigenvalue weighted by atomic mass is 32.2. The van der Waals surface area contributed by atoms with Gasteiger partial charge in [0.15, 0.2) is 0 Å². The second-order valence-corrected chi connectivity index (χ2v) is 9.09. The fourth-order valence-corrected chi connectivity index (χ4v) is 4.97. The summed E-state index contributed by atoms with van der Waals surface area (Å²) in [7, 11) is 0. The fraction of sp³-hybridized carbons (Fsp3) is 0.368. The van der Waals surface area contributed by atoms with Crippen LogP contribution in [-0.4, -0.2) is 43.0 Å². The summed E-state index contributed by atoms with van der Waals surface area (Å²) in [6, 6.07) is 10.1. The molecule has 1 aromatic carbocycles. The topological polar surface area (TPSA) is 63.4 Å². The molecule has 1 amide bonds. The maximum atomic E-state index is 12.9. The van der Waals surface area contributed by atoms with Crippen molar-refractivity contribution in [3.8, 4) is 0 Å². The van der Waals surface area contributed by atoms with E-state index in [0.717, 1.165) is 30.0 Å². The lowest BCUT2D eigenvalue weighted by Crippen LogP contribution is -2.33. The third-order valence-corrected chi connectivity index (χ3v) is 6.53. The van der Waals surface area contributed by atoms with Gasteiger partial charge >= 0.3 is 0 Å². The SMILES string of the molecule is Cc1cc(C)n2nc(SCC(=O)N3CCC(C)Sc4ccccc43)nc2n1. The second kappa shape index (κ2) is 7.52. The number of anilines is 1. The molecule has 0 saturated heterocycles. The number of hydrogen-bond acceptors (Lipinski definition) is 6. The third kappa shape index (κ3) is 3.82. The van der Waals surface area contributed by atoms with E-state index in [-0.39, 0.29) is 5.91 Å². The number of rotatable bonds is 3. The summed E-state index contributed by atoms with van der Waals surface area (Å²) in [6.07, 6.45) is 0.977. The van der Waals surface area contributed by atoms with Gasteiger partial charge in [-0.2, -0.15) is 4.98 Å². The van der Waals surface area contributed by atoms with Crippen LogP contribution in [0.2, 0.25) is 0 Å². The quantitative estimate of drug-likeness (QED) is 0.625. The van der Waals surface area contributed by atoms with Crippen LogP contribution in [-0.2, 0) is 4.79 Å². The minimum atomic E-state index is 0.0851. The van der Waals surface area contributed by atoms with Crippen molar-refractivity contribution < 1.29 is 4.79 Å². The summed E-state index contributed by atoms with van der Waals surface area (Å²) in [5.74, 6) is 0.970. The number of aromatic nitrogens is 4. The van der Waals surface area contributed by atoms with Crippen LogP contribution in [0.25, 0.3) is 5.78 Å². The van der Waals surface area contributed by atoms with E-state index in [1.54, 1.807) is 4.52 Å². The molecule has 1 aliphatic heterocycles. The van der Waals surface area contributed by atoms with Crippen LogP contribution in [0.15, 0.2) is 40.4 Å². The zero-order chi connectivity index (χ0) is 19.0. The molecule has 0 aliphatic carbocycles. The van der Waals surface area contributed by atoms with Gasteiger partial charge in [0.2, 0.25) is 11.1 Å². The molecule has 2 aromatic heterocycles. The van der Waals surface area contributed by atoms with Gasteiger partial charge in [0, 0.05) is 28.1 Å². The fourth-order valence-electron chi connectivity index (χ4n) is 3.16. The largest absolute Gasteiger partial charge is 0.311 e. The van der Waals surface area contributed by atoms with Crippen molar-refractivity contribution >= 4 is 40.9 Å². The normalized spacial score (nSPS) is 17.0. The first-order chi connectivity index (χ1) is 13.0. The summed E-state index contributed by atoms with van der Waals surface area (Å²) in [5.41, 5.74) is 2.90. The van der Waals surface area contributed by atoms with Crippen molar-refractivity contribution in [2.45, 2.75) is 42.5 Å². The molecule has 1 unspecified atom stereocenters. The Hall–Kier alpha value is -2.06. The van der Waals surface area contributed by atoms with E-state index in [2.05, 4.69) is 28.1 Å². The van der Waals surface area contributed by atoms with E-state index in [0.29, 0.717) is 21.9 Å². The molecule has 0 N–H and O–H groups in total. The maximum absolute atomic E-state index is 12.9. The Morgan fingerprint density at radius 3 is 2.96 bits per heavy atom. The average molecular weight is 400 g/mol. The van der Waals surface area contributed by atoms with Crippen LogP contribution in [0.4, 0.5) is 5.69 Å². The molecule has 0 fully saturated rings. The standard InChI is InChI=1S/C19H21N5OS2/c1-12-10-13(2)24-18(20-12)21-19(22-24)26-11-17(25)23-9-8-14(3)27-16-7-5-4-6-15(16)23/h4-7,10,14H,8-9,11H2,1-3H3. The van der Waals surface area contributed by atoms with Gasteiger partial charge in [-0.3, -0.25) is 4.79 Å². The van der Waals surface area contributed by atoms with Gasteiger partial charge in [-0.05, 0) is 38.5 Å². The Bertz CT molecular complexity index is 1000. The third-order valence-electron chi connectivity index (χ3n) is 4.47. The first kappa shape index (κ1) is 18.3. The number of nitrogens with zero attached hydrogens (tertiary/aromatic N) is 5. The van der Waals surface area contributed by atoms with Gasteiger partial charge in [-0.15, -0.1) is 16.9 Å². The zero-order valence-corrected chi connectivity index (χ0v) is 17.2. The molecular formula is C19H21N5OS2. The monoisotopic (exact) mass is 399 g/mol. The van der Waals surface area contributed by atoms with Gasteiger partial charge in [-0.25, -0.2) is 9.50 Å². The Labute approximate surface area is 166 Å². The molecular weight excluding hydrogens is 378 g/mol. The Balaban J connectivity index is 1.52. The van der Waals surface area contributed by atoms with Crippen LogP contribution in [0.5, 0.6) is 0 Å². The van der Waals surface area contributed by atoms with Crippen molar-refractivity contribution in [1.82, 2.24) is 19.6 Å². The maximum Gasteiger partial charge on any atom is 0.253 e. The van der Waals surface area contributed by atoms with Gasteiger partial charge in [-0.1, -0.05) is 30.8 Å². The molecule has 0 spiro atoms. The van der Waals surface area contributed by atoms with E-state index in [4.69, 9.17) is 0 Å². The molecule has 0 radical (unpaired) electrons. The number of amides is 1. The van der Waals surface area contributed by atoms with E-state index < -0.39 is 0 Å². The Morgan fingerprint density at radius 1 is 1.30 bits per heavy atom. The van der Waals surface area contributed by atoms with Crippen LogP contribution < -0.4 is 4.90 Å². The summed E-state index contributed by atoms with van der Waals surface area (Å²) >= 11 is 3.20. The molecule has 8 heteroatoms. The molecule has 0 bridgehead atoms. The van der Waals surface area contributed by atoms with Crippen molar-refractivity contribution in [2.75, 3.05) is 17.2 Å². The van der Waals surface area contributed by atoms with Crippen molar-refractivity contribution in [3.05, 3.63) is 41.7 Å². The molecule has 6 nitrogen and oxygen atoms in total. The highest BCUT2D eigenvalue weighted by Crippen LogP contribution is 2.37. The Kier molecular flexibility index (Phi) is 5.10. The van der Waals surface area contributed by atoms with Crippen molar-refractivity contribution in [1.29, 1.82) is 0 Å². The van der Waals surface area contributed by atoms with Gasteiger partial charge in [0.25, 0.3) is 5.78 Å². The van der Waals surface area contributed by atoms with Gasteiger partial charge in [0.1, 0.15) is 0 Å². The van der Waals surface area contributed by atoms with Crippen LogP contribution >= 0.6 is 23.5 Å². The molecule has 140 valence electrons. The highest BCUT2D eigenvalue weighted by Gasteiger charge is 2.24. The van der Waals surface area contributed by atoms with E-state index >= 15 is 0 Å². The minimum Gasteiger partial charge on any atom is -0.311 e. The summed E-state index contributed by atoms with van der Waals surface area (Å²) < 4.78 is 1.72. The summed E-state index contributed by atoms with van der Waals surface area (Å²) in [6.45, 7) is 6.86. The molecule has 3 heterocycles. The molecule has 1 aliphatic rings. The summed E-state index contributed by atoms with van der Waals surface area (Å²) in [5, 5.41) is 5.55. The molecule has 27 heavy (non-hydrogen) atoms. The Morgan fingerprint density at radius 2 is 2.11 bits per heavy atom. The number of aryl methyl sites for hydroxylation is 2. The number of fused-ring (bicyclic) bond motifs is 2. The number of thioether (sulfide) groups is 2. The van der Waals surface area contributed by atoms with Crippen molar-refractivity contribution in [2.24, 2.45) is 0 Å². The van der Waals surface area contributed by atoms with E-state index in [1.165, 1.54) is 16.7 Å². The number of carbonyl (C=O) groups excluding carboxylic acids is 1. The summed E-state index contributed by atoms with van der Waals surface area (Å²) in [4.78, 5) is 24.9. The lowest BCUT2D eigenvalue weighted by Gasteiger charge is -2.22. The zero-order valence-electron chi connectivity index (χ0n) is 15.5. The van der Waals surface area contributed by atoms with Gasteiger partial charge < -0.3 is 4.90 Å². The first-order valence-corrected chi connectivity index (χ1v) is 10.8. The number of benzene rings is 1. The lowest BCUT2D eigenvalue weighted by molar-refractivity contribution is -0.116. The number of carbonyl (C=O) groups is 1. The lowest BCUT2D eigenvalue weighted by atomic mass is 10.2. The predicted octanol–water partition coefficient (Wildman–Crippen LogP) is 3.75. The highest BCUT2D eigenvalue weighted by molar-refractivity contribution is 8.00. The van der Waals surface area contributed by atoms with Gasteiger partial charge in [0.05, 0.1) is 11.4 Å². The van der Waals surface area contributed by atoms with Crippen LogP contribution in [0.3, 0.4) is 0 Å². The average Bonchev–Trinajstić information content (AvgIpc) is 2.96. The number of para-hydroxylation sites is 1. The second-order valence-electron chi connectivity index (χ2n) is 6.66. The minimum absolute atomic E-state index is 0.0851. The molecule has 0 saturated carbocycles. The predicted molar refractivity (Wildman–Crippen MR) is 110 cm³/mol. The smallest absolute Gasteiger partial charge is 0.253 e. The van der Waals surface area contributed by atoms with E-state index in [1.807, 2.05) is 54.8 Å². The van der Waals surface area contributed by atoms with E-state index in [9.17, 15) is 4.79 Å². The van der Waals surface area contributed by atoms with Crippen LogP contribution in [0.1, 0.15) is 24.7 Å². The van der Waals surface area contributed by atoms with Crippen LogP contribution in [0, 0.1) is 13.8 Å². The molecule has 1 atom stereocenters. The molecule has 4 rings (SSSR count). The van der Waals surface area contributed by atoms with Crippen molar-refractivity contribution in [3.63, 3.8) is 0 Å². The first-order valence-electron chi connectivity index (χ1n) is 8.91.